The highest BCUT2D eigenvalue weighted by Gasteiger charge is 2.26. The molecule has 0 radical (unpaired) electrons. The number of nitrogens with one attached hydrogen (secondary N) is 1. The molecule has 3 rings (SSSR count). The Morgan fingerprint density at radius 3 is 2.36 bits per heavy atom. The molecule has 1 aliphatic heterocycles. The minimum absolute atomic E-state index is 0.145. The van der Waals surface area contributed by atoms with Crippen molar-refractivity contribution in [3.05, 3.63) is 71.5 Å². The number of ether oxygens (including phenoxy) is 1. The summed E-state index contributed by atoms with van der Waals surface area (Å²) >= 11 is 0. The second-order valence-corrected chi connectivity index (χ2v) is 7.08. The van der Waals surface area contributed by atoms with Crippen LogP contribution in [0.2, 0.25) is 0 Å². The van der Waals surface area contributed by atoms with Gasteiger partial charge < -0.3 is 15.0 Å². The Morgan fingerprint density at radius 2 is 1.75 bits per heavy atom. The maximum Gasteiger partial charge on any atom is 0.409 e. The molecule has 0 aromatic heterocycles. The van der Waals surface area contributed by atoms with Crippen LogP contribution < -0.4 is 5.32 Å². The number of benzene rings is 2. The summed E-state index contributed by atoms with van der Waals surface area (Å²) < 4.78 is 17.9. The van der Waals surface area contributed by atoms with Crippen LogP contribution in [0.5, 0.6) is 0 Å². The van der Waals surface area contributed by atoms with Crippen molar-refractivity contribution in [1.82, 2.24) is 10.2 Å². The zero-order chi connectivity index (χ0) is 19.9. The van der Waals surface area contributed by atoms with Crippen LogP contribution >= 0.6 is 0 Å². The minimum atomic E-state index is -0.367. The Morgan fingerprint density at radius 1 is 1.11 bits per heavy atom. The van der Waals surface area contributed by atoms with E-state index >= 15 is 0 Å². The van der Waals surface area contributed by atoms with E-state index in [4.69, 9.17) is 4.74 Å². The molecule has 2 aromatic rings. The van der Waals surface area contributed by atoms with Crippen molar-refractivity contribution in [3.63, 3.8) is 0 Å². The summed E-state index contributed by atoms with van der Waals surface area (Å²) in [5.74, 6) is -0.200. The van der Waals surface area contributed by atoms with E-state index in [9.17, 15) is 14.0 Å². The Hall–Kier alpha value is -2.89. The van der Waals surface area contributed by atoms with Gasteiger partial charge in [-0.1, -0.05) is 30.3 Å². The summed E-state index contributed by atoms with van der Waals surface area (Å²) in [6, 6.07) is 15.2. The highest BCUT2D eigenvalue weighted by atomic mass is 19.1. The predicted molar refractivity (Wildman–Crippen MR) is 104 cm³/mol. The number of likely N-dealkylation sites (tertiary alicyclic amines) is 1. The summed E-state index contributed by atoms with van der Waals surface area (Å²) in [6.45, 7) is 1.31. The van der Waals surface area contributed by atoms with Crippen LogP contribution in [0.25, 0.3) is 0 Å². The molecule has 2 aromatic carbocycles. The maximum absolute atomic E-state index is 13.1. The van der Waals surface area contributed by atoms with Gasteiger partial charge in [-0.15, -0.1) is 0 Å². The lowest BCUT2D eigenvalue weighted by atomic mass is 9.87. The molecule has 1 N–H and O–H groups in total. The molecule has 0 saturated carbocycles. The predicted octanol–water partition coefficient (Wildman–Crippen LogP) is 4.17. The SMILES string of the molecule is COC(=O)N1CCC(CC(NC(=O)c2ccc(F)cc2)c2ccccc2)CC1. The van der Waals surface area contributed by atoms with Crippen LogP contribution in [0.4, 0.5) is 9.18 Å². The van der Waals surface area contributed by atoms with E-state index in [1.807, 2.05) is 30.3 Å². The van der Waals surface area contributed by atoms with Gasteiger partial charge in [-0.2, -0.15) is 0 Å². The van der Waals surface area contributed by atoms with Gasteiger partial charge in [-0.05, 0) is 55.0 Å². The Bertz CT molecular complexity index is 787. The van der Waals surface area contributed by atoms with Crippen LogP contribution in [-0.2, 0) is 4.74 Å². The van der Waals surface area contributed by atoms with Gasteiger partial charge >= 0.3 is 6.09 Å². The van der Waals surface area contributed by atoms with Crippen molar-refractivity contribution in [2.45, 2.75) is 25.3 Å². The molecule has 1 unspecified atom stereocenters. The summed E-state index contributed by atoms with van der Waals surface area (Å²) in [5.41, 5.74) is 1.47. The summed E-state index contributed by atoms with van der Waals surface area (Å²) in [4.78, 5) is 26.0. The number of hydrogen-bond acceptors (Lipinski definition) is 3. The fraction of sp³-hybridized carbons (Fsp3) is 0.364. The second-order valence-electron chi connectivity index (χ2n) is 7.08. The van der Waals surface area contributed by atoms with E-state index in [2.05, 4.69) is 5.32 Å². The zero-order valence-corrected chi connectivity index (χ0v) is 15.9. The Balaban J connectivity index is 1.67. The third kappa shape index (κ3) is 5.09. The van der Waals surface area contributed by atoms with Crippen LogP contribution in [-0.4, -0.2) is 37.1 Å². The van der Waals surface area contributed by atoms with E-state index in [-0.39, 0.29) is 23.9 Å². The molecule has 1 atom stereocenters. The standard InChI is InChI=1S/C22H25FN2O3/c1-28-22(27)25-13-11-16(12-14-25)15-20(17-5-3-2-4-6-17)24-21(26)18-7-9-19(23)10-8-18/h2-10,16,20H,11-15H2,1H3,(H,24,26). The lowest BCUT2D eigenvalue weighted by Gasteiger charge is -2.33. The van der Waals surface area contributed by atoms with Gasteiger partial charge in [0, 0.05) is 18.7 Å². The molecule has 0 bridgehead atoms. The Labute approximate surface area is 164 Å². The summed E-state index contributed by atoms with van der Waals surface area (Å²) in [5, 5.41) is 3.09. The quantitative estimate of drug-likeness (QED) is 0.842. The summed E-state index contributed by atoms with van der Waals surface area (Å²) in [7, 11) is 1.39. The molecule has 2 amide bonds. The van der Waals surface area contributed by atoms with Gasteiger partial charge in [-0.3, -0.25) is 4.79 Å². The van der Waals surface area contributed by atoms with E-state index in [0.717, 1.165) is 24.8 Å². The van der Waals surface area contributed by atoms with Gasteiger partial charge in [0.15, 0.2) is 0 Å². The number of carbonyl (C=O) groups excluding carboxylic acids is 2. The average Bonchev–Trinajstić information content (AvgIpc) is 2.74. The number of amides is 2. The molecule has 5 nitrogen and oxygen atoms in total. The van der Waals surface area contributed by atoms with Crippen LogP contribution in [0.1, 0.15) is 41.2 Å². The van der Waals surface area contributed by atoms with E-state index in [1.165, 1.54) is 31.4 Å². The van der Waals surface area contributed by atoms with Crippen molar-refractivity contribution >= 4 is 12.0 Å². The molecule has 1 heterocycles. The average molecular weight is 384 g/mol. The van der Waals surface area contributed by atoms with Crippen molar-refractivity contribution in [1.29, 1.82) is 0 Å². The molecule has 0 spiro atoms. The normalized spacial score (nSPS) is 15.7. The van der Waals surface area contributed by atoms with Gasteiger partial charge in [-0.25, -0.2) is 9.18 Å². The maximum atomic E-state index is 13.1. The smallest absolute Gasteiger partial charge is 0.409 e. The number of carbonyl (C=O) groups is 2. The van der Waals surface area contributed by atoms with E-state index in [1.54, 1.807) is 4.90 Å². The zero-order valence-electron chi connectivity index (χ0n) is 15.9. The number of methoxy groups -OCH3 is 1. The third-order valence-corrected chi connectivity index (χ3v) is 5.23. The van der Waals surface area contributed by atoms with Gasteiger partial charge in [0.25, 0.3) is 5.91 Å². The van der Waals surface area contributed by atoms with Crippen molar-refractivity contribution in [2.24, 2.45) is 5.92 Å². The summed E-state index contributed by atoms with van der Waals surface area (Å²) in [6.07, 6.45) is 2.23. The molecule has 28 heavy (non-hydrogen) atoms. The first-order chi connectivity index (χ1) is 13.6. The van der Waals surface area contributed by atoms with E-state index in [0.29, 0.717) is 24.6 Å². The van der Waals surface area contributed by atoms with Gasteiger partial charge in [0.2, 0.25) is 0 Å². The van der Waals surface area contributed by atoms with Crippen LogP contribution in [0.15, 0.2) is 54.6 Å². The molecule has 1 fully saturated rings. The van der Waals surface area contributed by atoms with Crippen molar-refractivity contribution in [2.75, 3.05) is 20.2 Å². The minimum Gasteiger partial charge on any atom is -0.453 e. The first-order valence-electron chi connectivity index (χ1n) is 9.51. The topological polar surface area (TPSA) is 58.6 Å². The number of halogens is 1. The molecule has 1 aliphatic rings. The largest absolute Gasteiger partial charge is 0.453 e. The highest BCUT2D eigenvalue weighted by Crippen LogP contribution is 2.29. The lowest BCUT2D eigenvalue weighted by molar-refractivity contribution is 0.0915. The molecule has 1 saturated heterocycles. The van der Waals surface area contributed by atoms with Gasteiger partial charge in [0.05, 0.1) is 13.2 Å². The number of hydrogen-bond donors (Lipinski definition) is 1. The Kier molecular flexibility index (Phi) is 6.63. The first kappa shape index (κ1) is 19.9. The molecular formula is C22H25FN2O3. The fourth-order valence-electron chi connectivity index (χ4n) is 3.62. The number of nitrogens with zero attached hydrogens (tertiary/aromatic N) is 1. The second kappa shape index (κ2) is 9.35. The van der Waals surface area contributed by atoms with Crippen LogP contribution in [0.3, 0.4) is 0 Å². The lowest BCUT2D eigenvalue weighted by Crippen LogP contribution is -2.39. The number of rotatable bonds is 5. The molecular weight excluding hydrogens is 359 g/mol. The molecule has 6 heteroatoms. The van der Waals surface area contributed by atoms with Crippen LogP contribution in [0, 0.1) is 11.7 Å². The van der Waals surface area contributed by atoms with Gasteiger partial charge in [0.1, 0.15) is 5.82 Å². The van der Waals surface area contributed by atoms with Crippen molar-refractivity contribution < 1.29 is 18.7 Å². The molecule has 0 aliphatic carbocycles. The monoisotopic (exact) mass is 384 g/mol. The highest BCUT2D eigenvalue weighted by molar-refractivity contribution is 5.94. The third-order valence-electron chi connectivity index (χ3n) is 5.23. The molecule has 148 valence electrons. The van der Waals surface area contributed by atoms with E-state index < -0.39 is 0 Å². The number of piperidine rings is 1. The first-order valence-corrected chi connectivity index (χ1v) is 9.51. The fourth-order valence-corrected chi connectivity index (χ4v) is 3.62. The van der Waals surface area contributed by atoms with Crippen molar-refractivity contribution in [3.8, 4) is 0 Å².